The van der Waals surface area contributed by atoms with Crippen LogP contribution in [0.5, 0.6) is 5.75 Å². The molecule has 2 aromatic rings. The Morgan fingerprint density at radius 3 is 2.48 bits per heavy atom. The highest BCUT2D eigenvalue weighted by Crippen LogP contribution is 2.38. The van der Waals surface area contributed by atoms with E-state index < -0.39 is 17.6 Å². The van der Waals surface area contributed by atoms with E-state index in [0.29, 0.717) is 19.1 Å². The number of benzene rings is 2. The molecule has 0 saturated carbocycles. The van der Waals surface area contributed by atoms with Crippen LogP contribution in [-0.2, 0) is 12.6 Å². The summed E-state index contributed by atoms with van der Waals surface area (Å²) in [5.41, 5.74) is 0.579. The topological polar surface area (TPSA) is 41.6 Å². The van der Waals surface area contributed by atoms with Crippen molar-refractivity contribution in [2.24, 2.45) is 0 Å². The van der Waals surface area contributed by atoms with Crippen molar-refractivity contribution >= 4 is 17.7 Å². The third-order valence-corrected chi connectivity index (χ3v) is 6.02. The predicted molar refractivity (Wildman–Crippen MR) is 119 cm³/mol. The third-order valence-electron chi connectivity index (χ3n) is 5.26. The molecule has 2 aromatic carbocycles. The molecular weight excluding hydrogens is 425 g/mol. The van der Waals surface area contributed by atoms with Crippen LogP contribution in [0.4, 0.5) is 13.2 Å². The summed E-state index contributed by atoms with van der Waals surface area (Å²) in [6.45, 7) is 3.14. The Hall–Kier alpha value is -2.19. The fourth-order valence-corrected chi connectivity index (χ4v) is 3.84. The number of halogens is 3. The van der Waals surface area contributed by atoms with E-state index in [4.69, 9.17) is 4.74 Å². The summed E-state index contributed by atoms with van der Waals surface area (Å²) in [4.78, 5) is 15.1. The average molecular weight is 455 g/mol. The molecule has 0 spiro atoms. The highest BCUT2D eigenvalue weighted by atomic mass is 32.2. The van der Waals surface area contributed by atoms with Gasteiger partial charge in [0.05, 0.1) is 18.2 Å². The molecule has 8 heteroatoms. The number of thioether (sulfide) groups is 1. The number of carbonyl (C=O) groups excluding carboxylic acids is 1. The molecule has 4 nitrogen and oxygen atoms in total. The van der Waals surface area contributed by atoms with Crippen molar-refractivity contribution < 1.29 is 22.7 Å². The van der Waals surface area contributed by atoms with Gasteiger partial charge in [0.1, 0.15) is 5.75 Å². The summed E-state index contributed by atoms with van der Waals surface area (Å²) < 4.78 is 44.5. The van der Waals surface area contributed by atoms with Gasteiger partial charge in [-0.1, -0.05) is 30.3 Å². The van der Waals surface area contributed by atoms with Gasteiger partial charge < -0.3 is 15.0 Å². The SMILES string of the molecule is COc1cc(C(F)(F)F)cc(SC)c1C(=O)NCCN(C)[C@H](C)CCc1ccccc1. The molecule has 1 atom stereocenters. The summed E-state index contributed by atoms with van der Waals surface area (Å²) >= 11 is 1.08. The first kappa shape index (κ1) is 25.1. The third kappa shape index (κ3) is 7.18. The molecule has 0 saturated heterocycles. The number of hydrogen-bond acceptors (Lipinski definition) is 4. The minimum absolute atomic E-state index is 0.0822. The van der Waals surface area contributed by atoms with E-state index in [9.17, 15) is 18.0 Å². The lowest BCUT2D eigenvalue weighted by molar-refractivity contribution is -0.137. The molecule has 1 amide bonds. The van der Waals surface area contributed by atoms with Crippen molar-refractivity contribution in [1.29, 1.82) is 0 Å². The molecule has 0 aliphatic carbocycles. The maximum absolute atomic E-state index is 13.1. The number of nitrogens with one attached hydrogen (secondary N) is 1. The van der Waals surface area contributed by atoms with E-state index in [2.05, 4.69) is 29.3 Å². The standard InChI is InChI=1S/C23H29F3N2O2S/c1-16(10-11-17-8-6-5-7-9-17)28(2)13-12-27-22(29)21-19(30-3)14-18(23(24,25)26)15-20(21)31-4/h5-9,14-16H,10-13H2,1-4H3,(H,27,29)/t16-/m1/s1. The molecular formula is C23H29F3N2O2S. The van der Waals surface area contributed by atoms with Crippen molar-refractivity contribution in [3.05, 3.63) is 59.2 Å². The summed E-state index contributed by atoms with van der Waals surface area (Å²) in [7, 11) is 3.26. The second kappa shape index (κ2) is 11.4. The predicted octanol–water partition coefficient (Wildman–Crippen LogP) is 5.12. The lowest BCUT2D eigenvalue weighted by Gasteiger charge is -2.25. The minimum atomic E-state index is -4.51. The van der Waals surface area contributed by atoms with Crippen LogP contribution < -0.4 is 10.1 Å². The van der Waals surface area contributed by atoms with E-state index in [1.165, 1.54) is 12.7 Å². The molecule has 0 radical (unpaired) electrons. The summed E-state index contributed by atoms with van der Waals surface area (Å²) in [5.74, 6) is -0.526. The van der Waals surface area contributed by atoms with Gasteiger partial charge in [0.25, 0.3) is 5.91 Å². The van der Waals surface area contributed by atoms with Gasteiger partial charge in [0.15, 0.2) is 0 Å². The highest BCUT2D eigenvalue weighted by Gasteiger charge is 2.33. The largest absolute Gasteiger partial charge is 0.496 e. The van der Waals surface area contributed by atoms with Crippen LogP contribution in [0.1, 0.15) is 34.8 Å². The van der Waals surface area contributed by atoms with Crippen LogP contribution in [-0.4, -0.2) is 50.4 Å². The molecule has 0 unspecified atom stereocenters. The van der Waals surface area contributed by atoms with E-state index in [1.54, 1.807) is 6.26 Å². The minimum Gasteiger partial charge on any atom is -0.496 e. The maximum Gasteiger partial charge on any atom is 0.416 e. The normalized spacial score (nSPS) is 12.6. The number of alkyl halides is 3. The molecule has 0 fully saturated rings. The van der Waals surface area contributed by atoms with Crippen molar-refractivity contribution in [2.75, 3.05) is 33.5 Å². The quantitative estimate of drug-likeness (QED) is 0.506. The molecule has 170 valence electrons. The van der Waals surface area contributed by atoms with Crippen LogP contribution in [0.2, 0.25) is 0 Å². The first-order chi connectivity index (χ1) is 14.7. The van der Waals surface area contributed by atoms with Crippen molar-refractivity contribution in [1.82, 2.24) is 10.2 Å². The van der Waals surface area contributed by atoms with Gasteiger partial charge in [0, 0.05) is 24.0 Å². The number of carbonyl (C=O) groups is 1. The fraction of sp³-hybridized carbons (Fsp3) is 0.435. The Morgan fingerprint density at radius 2 is 1.90 bits per heavy atom. The molecule has 0 aromatic heterocycles. The van der Waals surface area contributed by atoms with Gasteiger partial charge in [-0.15, -0.1) is 11.8 Å². The monoisotopic (exact) mass is 454 g/mol. The fourth-order valence-electron chi connectivity index (χ4n) is 3.19. The summed E-state index contributed by atoms with van der Waals surface area (Å²) in [6.07, 6.45) is -0.921. The van der Waals surface area contributed by atoms with Crippen molar-refractivity contribution in [2.45, 2.75) is 36.9 Å². The summed E-state index contributed by atoms with van der Waals surface area (Å²) in [5, 5.41) is 2.81. The summed E-state index contributed by atoms with van der Waals surface area (Å²) in [6, 6.07) is 12.4. The number of aryl methyl sites for hydroxylation is 1. The Kier molecular flexibility index (Phi) is 9.25. The molecule has 0 bridgehead atoms. The number of likely N-dealkylation sites (N-methyl/N-ethyl adjacent to an activating group) is 1. The van der Waals surface area contributed by atoms with Gasteiger partial charge >= 0.3 is 6.18 Å². The number of nitrogens with zero attached hydrogens (tertiary/aromatic N) is 1. The zero-order valence-electron chi connectivity index (χ0n) is 18.3. The Morgan fingerprint density at radius 1 is 1.23 bits per heavy atom. The van der Waals surface area contributed by atoms with E-state index in [-0.39, 0.29) is 16.2 Å². The average Bonchev–Trinajstić information content (AvgIpc) is 2.76. The Balaban J connectivity index is 1.95. The van der Waals surface area contributed by atoms with Crippen LogP contribution in [0, 0.1) is 0 Å². The van der Waals surface area contributed by atoms with Crippen LogP contribution >= 0.6 is 11.8 Å². The molecule has 2 rings (SSSR count). The molecule has 0 aliphatic heterocycles. The van der Waals surface area contributed by atoms with Gasteiger partial charge in [-0.05, 0) is 50.8 Å². The van der Waals surface area contributed by atoms with E-state index >= 15 is 0 Å². The first-order valence-electron chi connectivity index (χ1n) is 10.0. The van der Waals surface area contributed by atoms with E-state index in [1.807, 2.05) is 25.2 Å². The lowest BCUT2D eigenvalue weighted by atomic mass is 10.1. The van der Waals surface area contributed by atoms with Crippen LogP contribution in [0.15, 0.2) is 47.4 Å². The smallest absolute Gasteiger partial charge is 0.416 e. The highest BCUT2D eigenvalue weighted by molar-refractivity contribution is 7.98. The zero-order valence-corrected chi connectivity index (χ0v) is 19.1. The number of rotatable bonds is 10. The Labute approximate surface area is 186 Å². The van der Waals surface area contributed by atoms with E-state index in [0.717, 1.165) is 36.7 Å². The van der Waals surface area contributed by atoms with Gasteiger partial charge in [-0.2, -0.15) is 13.2 Å². The lowest BCUT2D eigenvalue weighted by Crippen LogP contribution is -2.37. The van der Waals surface area contributed by atoms with Crippen LogP contribution in [0.25, 0.3) is 0 Å². The van der Waals surface area contributed by atoms with Crippen molar-refractivity contribution in [3.8, 4) is 5.75 Å². The van der Waals surface area contributed by atoms with Crippen LogP contribution in [0.3, 0.4) is 0 Å². The second-order valence-corrected chi connectivity index (χ2v) is 8.21. The van der Waals surface area contributed by atoms with Crippen molar-refractivity contribution in [3.63, 3.8) is 0 Å². The second-order valence-electron chi connectivity index (χ2n) is 7.36. The zero-order chi connectivity index (χ0) is 23.0. The first-order valence-corrected chi connectivity index (χ1v) is 11.3. The molecule has 31 heavy (non-hydrogen) atoms. The number of ether oxygens (including phenoxy) is 1. The Bertz CT molecular complexity index is 835. The maximum atomic E-state index is 13.1. The van der Waals surface area contributed by atoms with Gasteiger partial charge in [-0.25, -0.2) is 0 Å². The molecule has 0 aliphatic rings. The number of methoxy groups -OCH3 is 1. The van der Waals surface area contributed by atoms with Gasteiger partial charge in [-0.3, -0.25) is 4.79 Å². The molecule has 0 heterocycles. The molecule has 1 N–H and O–H groups in total. The van der Waals surface area contributed by atoms with Gasteiger partial charge in [0.2, 0.25) is 0 Å². The number of hydrogen-bond donors (Lipinski definition) is 1. The number of amides is 1.